The van der Waals surface area contributed by atoms with Crippen LogP contribution in [-0.2, 0) is 15.1 Å². The molecule has 1 aromatic carbocycles. The molecule has 1 aliphatic heterocycles. The number of aliphatic hydroxyl groups is 1. The SMILES string of the molecule is CC(=O)N[C@@]1(c2cc(F)cc(Br)c2)CO[C@@H](C)C[C@@]1(F)CO. The number of hydrogen-bond acceptors (Lipinski definition) is 3. The highest BCUT2D eigenvalue weighted by Crippen LogP contribution is 2.44. The first-order chi connectivity index (χ1) is 10.2. The Morgan fingerprint density at radius 3 is 2.77 bits per heavy atom. The molecular weight excluding hydrogens is 360 g/mol. The van der Waals surface area contributed by atoms with Gasteiger partial charge >= 0.3 is 0 Å². The van der Waals surface area contributed by atoms with E-state index in [9.17, 15) is 14.3 Å². The molecule has 4 nitrogen and oxygen atoms in total. The number of halogens is 3. The summed E-state index contributed by atoms with van der Waals surface area (Å²) in [5, 5.41) is 12.2. The first-order valence-corrected chi connectivity index (χ1v) is 7.68. The minimum atomic E-state index is -2.16. The van der Waals surface area contributed by atoms with Crippen LogP contribution in [0.1, 0.15) is 25.8 Å². The van der Waals surface area contributed by atoms with Crippen LogP contribution in [0, 0.1) is 5.82 Å². The standard InChI is InChI=1S/C15H18BrF2NO3/c1-9-6-14(18,7-20)15(8-22-9,19-10(2)21)11-3-12(16)5-13(17)4-11/h3-5,9,20H,6-8H2,1-2H3,(H,19,21)/t9-,14+,15+/m0/s1. The average molecular weight is 378 g/mol. The Bertz CT molecular complexity index is 566. The van der Waals surface area contributed by atoms with Gasteiger partial charge in [0.25, 0.3) is 0 Å². The Balaban J connectivity index is 2.63. The van der Waals surface area contributed by atoms with Gasteiger partial charge in [0.05, 0.1) is 19.3 Å². The number of aliphatic hydroxyl groups excluding tert-OH is 1. The van der Waals surface area contributed by atoms with Crippen LogP contribution in [0.15, 0.2) is 22.7 Å². The Morgan fingerprint density at radius 1 is 1.55 bits per heavy atom. The first-order valence-electron chi connectivity index (χ1n) is 6.89. The molecular formula is C15H18BrF2NO3. The summed E-state index contributed by atoms with van der Waals surface area (Å²) in [7, 11) is 0. The number of nitrogens with one attached hydrogen (secondary N) is 1. The molecule has 0 bridgehead atoms. The third kappa shape index (κ3) is 3.02. The van der Waals surface area contributed by atoms with E-state index in [0.29, 0.717) is 4.47 Å². The molecule has 22 heavy (non-hydrogen) atoms. The summed E-state index contributed by atoms with van der Waals surface area (Å²) in [6.45, 7) is 1.92. The number of hydrogen-bond donors (Lipinski definition) is 2. The molecule has 0 aliphatic carbocycles. The molecule has 0 unspecified atom stereocenters. The van der Waals surface area contributed by atoms with E-state index < -0.39 is 35.6 Å². The van der Waals surface area contributed by atoms with Gasteiger partial charge in [-0.25, -0.2) is 8.78 Å². The van der Waals surface area contributed by atoms with Gasteiger partial charge in [-0.2, -0.15) is 0 Å². The normalized spacial score (nSPS) is 31.8. The van der Waals surface area contributed by atoms with Gasteiger partial charge in [-0.05, 0) is 30.7 Å². The van der Waals surface area contributed by atoms with Gasteiger partial charge in [-0.3, -0.25) is 4.79 Å². The van der Waals surface area contributed by atoms with E-state index >= 15 is 4.39 Å². The average Bonchev–Trinajstić information content (AvgIpc) is 2.40. The fraction of sp³-hybridized carbons (Fsp3) is 0.533. The molecule has 122 valence electrons. The second kappa shape index (κ2) is 6.22. The van der Waals surface area contributed by atoms with Crippen molar-refractivity contribution >= 4 is 21.8 Å². The second-order valence-corrected chi connectivity index (χ2v) is 6.61. The van der Waals surface area contributed by atoms with Crippen molar-refractivity contribution in [2.45, 2.75) is 37.6 Å². The molecule has 0 spiro atoms. The number of carbonyl (C=O) groups is 1. The number of alkyl halides is 1. The molecule has 3 atom stereocenters. The molecule has 0 saturated carbocycles. The van der Waals surface area contributed by atoms with Crippen LogP contribution in [0.4, 0.5) is 8.78 Å². The van der Waals surface area contributed by atoms with E-state index in [1.807, 2.05) is 0 Å². The lowest BCUT2D eigenvalue weighted by atomic mass is 9.72. The lowest BCUT2D eigenvalue weighted by molar-refractivity contribution is -0.157. The maximum atomic E-state index is 15.5. The van der Waals surface area contributed by atoms with E-state index in [2.05, 4.69) is 21.2 Å². The highest BCUT2D eigenvalue weighted by atomic mass is 79.9. The highest BCUT2D eigenvalue weighted by Gasteiger charge is 2.57. The summed E-state index contributed by atoms with van der Waals surface area (Å²) in [6.07, 6.45) is -0.534. The van der Waals surface area contributed by atoms with Gasteiger partial charge in [0.2, 0.25) is 5.91 Å². The van der Waals surface area contributed by atoms with Crippen molar-refractivity contribution in [2.75, 3.05) is 13.2 Å². The number of ether oxygens (including phenoxy) is 1. The third-order valence-electron chi connectivity index (χ3n) is 3.96. The number of benzene rings is 1. The van der Waals surface area contributed by atoms with Gasteiger partial charge in [0.15, 0.2) is 5.67 Å². The molecule has 1 heterocycles. The van der Waals surface area contributed by atoms with E-state index in [-0.39, 0.29) is 18.6 Å². The molecule has 1 saturated heterocycles. The zero-order valence-corrected chi connectivity index (χ0v) is 13.9. The topological polar surface area (TPSA) is 58.6 Å². The smallest absolute Gasteiger partial charge is 0.217 e. The van der Waals surface area contributed by atoms with Crippen LogP contribution in [0.3, 0.4) is 0 Å². The Kier molecular flexibility index (Phi) is 4.89. The van der Waals surface area contributed by atoms with Crippen LogP contribution < -0.4 is 5.32 Å². The molecule has 0 aromatic heterocycles. The summed E-state index contributed by atoms with van der Waals surface area (Å²) < 4.78 is 35.2. The Labute approximate surface area is 136 Å². The fourth-order valence-corrected chi connectivity index (χ4v) is 3.41. The van der Waals surface area contributed by atoms with Crippen LogP contribution in [0.25, 0.3) is 0 Å². The van der Waals surface area contributed by atoms with Crippen molar-refractivity contribution in [1.29, 1.82) is 0 Å². The quantitative estimate of drug-likeness (QED) is 0.850. The Morgan fingerprint density at radius 2 is 2.23 bits per heavy atom. The summed E-state index contributed by atoms with van der Waals surface area (Å²) in [5.74, 6) is -1.07. The zero-order valence-electron chi connectivity index (χ0n) is 12.3. The highest BCUT2D eigenvalue weighted by molar-refractivity contribution is 9.10. The summed E-state index contributed by atoms with van der Waals surface area (Å²) in [6, 6.07) is 3.89. The molecule has 1 aliphatic rings. The maximum absolute atomic E-state index is 15.5. The molecule has 2 rings (SSSR count). The minimum Gasteiger partial charge on any atom is -0.393 e. The molecule has 0 radical (unpaired) electrons. The molecule has 1 amide bonds. The number of amides is 1. The van der Waals surface area contributed by atoms with Gasteiger partial charge in [0, 0.05) is 17.8 Å². The van der Waals surface area contributed by atoms with Crippen molar-refractivity contribution in [3.63, 3.8) is 0 Å². The predicted molar refractivity (Wildman–Crippen MR) is 80.6 cm³/mol. The summed E-state index contributed by atoms with van der Waals surface area (Å²) >= 11 is 3.16. The van der Waals surface area contributed by atoms with Gasteiger partial charge < -0.3 is 15.2 Å². The monoisotopic (exact) mass is 377 g/mol. The molecule has 1 fully saturated rings. The zero-order chi connectivity index (χ0) is 16.5. The largest absolute Gasteiger partial charge is 0.393 e. The van der Waals surface area contributed by atoms with Crippen molar-refractivity contribution in [2.24, 2.45) is 0 Å². The van der Waals surface area contributed by atoms with Gasteiger partial charge in [0.1, 0.15) is 11.4 Å². The summed E-state index contributed by atoms with van der Waals surface area (Å²) in [4.78, 5) is 11.6. The van der Waals surface area contributed by atoms with Crippen molar-refractivity contribution < 1.29 is 23.4 Å². The number of rotatable bonds is 3. The second-order valence-electron chi connectivity index (χ2n) is 5.69. The van der Waals surface area contributed by atoms with Crippen LogP contribution >= 0.6 is 15.9 Å². The third-order valence-corrected chi connectivity index (χ3v) is 4.41. The van der Waals surface area contributed by atoms with Crippen LogP contribution in [-0.4, -0.2) is 36.0 Å². The molecule has 1 aromatic rings. The predicted octanol–water partition coefficient (Wildman–Crippen LogP) is 2.43. The lowest BCUT2D eigenvalue weighted by Gasteiger charge is -2.49. The van der Waals surface area contributed by atoms with Gasteiger partial charge in [-0.15, -0.1) is 0 Å². The van der Waals surface area contributed by atoms with E-state index in [0.717, 1.165) is 6.07 Å². The minimum absolute atomic E-state index is 0.113. The van der Waals surface area contributed by atoms with Gasteiger partial charge in [-0.1, -0.05) is 15.9 Å². The van der Waals surface area contributed by atoms with E-state index in [4.69, 9.17) is 4.74 Å². The Hall–Kier alpha value is -1.05. The van der Waals surface area contributed by atoms with Crippen molar-refractivity contribution in [1.82, 2.24) is 5.32 Å². The van der Waals surface area contributed by atoms with Crippen molar-refractivity contribution in [3.8, 4) is 0 Å². The van der Waals surface area contributed by atoms with E-state index in [1.54, 1.807) is 6.92 Å². The van der Waals surface area contributed by atoms with Crippen LogP contribution in [0.2, 0.25) is 0 Å². The van der Waals surface area contributed by atoms with Crippen LogP contribution in [0.5, 0.6) is 0 Å². The van der Waals surface area contributed by atoms with E-state index in [1.165, 1.54) is 19.1 Å². The summed E-state index contributed by atoms with van der Waals surface area (Å²) in [5.41, 5.74) is -3.60. The van der Waals surface area contributed by atoms with Crippen molar-refractivity contribution in [3.05, 3.63) is 34.1 Å². The molecule has 7 heteroatoms. The lowest BCUT2D eigenvalue weighted by Crippen LogP contribution is -2.67. The number of carbonyl (C=O) groups excluding carboxylic acids is 1. The first kappa shape index (κ1) is 17.3. The fourth-order valence-electron chi connectivity index (χ4n) is 2.95. The molecule has 2 N–H and O–H groups in total. The maximum Gasteiger partial charge on any atom is 0.217 e.